The van der Waals surface area contributed by atoms with E-state index in [1.54, 1.807) is 0 Å². The molecule has 0 saturated carbocycles. The molecule has 1 aliphatic rings. The lowest BCUT2D eigenvalue weighted by atomic mass is 10.1. The van der Waals surface area contributed by atoms with Crippen LogP contribution in [0.25, 0.3) is 0 Å². The molecule has 122 valence electrons. The quantitative estimate of drug-likeness (QED) is 0.356. The number of terminal acetylenes is 1. The van der Waals surface area contributed by atoms with E-state index in [1.807, 2.05) is 4.98 Å². The van der Waals surface area contributed by atoms with Gasteiger partial charge in [-0.3, -0.25) is 14.3 Å². The van der Waals surface area contributed by atoms with Crippen LogP contribution in [0.15, 0.2) is 33.2 Å². The zero-order valence-electron chi connectivity index (χ0n) is 11.6. The summed E-state index contributed by atoms with van der Waals surface area (Å²) in [4.78, 5) is 40.0. The molecule has 1 heterocycles. The number of hydrogen-bond donors (Lipinski definition) is 5. The van der Waals surface area contributed by atoms with Crippen molar-refractivity contribution < 1.29 is 19.5 Å². The van der Waals surface area contributed by atoms with Gasteiger partial charge >= 0.3 is 13.3 Å². The van der Waals surface area contributed by atoms with E-state index in [1.165, 1.54) is 17.6 Å². The summed E-state index contributed by atoms with van der Waals surface area (Å²) < 4.78 is 9.44. The van der Waals surface area contributed by atoms with Gasteiger partial charge in [0.05, 0.1) is 0 Å². The maximum Gasteiger partial charge on any atom is 0.350 e. The largest absolute Gasteiger partial charge is 0.384 e. The minimum atomic E-state index is -4.09. The Labute approximate surface area is 129 Å². The van der Waals surface area contributed by atoms with Crippen LogP contribution < -0.4 is 11.2 Å². The molecule has 8 nitrogen and oxygen atoms in total. The Morgan fingerprint density at radius 2 is 2.05 bits per heavy atom. The molecule has 2 unspecified atom stereocenters. The zero-order chi connectivity index (χ0) is 17.2. The van der Waals surface area contributed by atoms with Crippen molar-refractivity contribution >= 4 is 16.8 Å². The Balaban J connectivity index is 0.000000306. The number of allylic oxidation sites excluding steroid dienone is 2. The van der Waals surface area contributed by atoms with Gasteiger partial charge in [-0.05, 0) is 18.2 Å². The summed E-state index contributed by atoms with van der Waals surface area (Å²) >= 11 is 0. The van der Waals surface area contributed by atoms with Gasteiger partial charge in [-0.2, -0.15) is 0 Å². The first-order valence-electron chi connectivity index (χ1n) is 6.04. The maximum absolute atomic E-state index is 10.2. The minimum absolute atomic E-state index is 0.381. The Kier molecular flexibility index (Phi) is 9.59. The van der Waals surface area contributed by atoms with Gasteiger partial charge in [-0.1, -0.05) is 12.0 Å². The second-order valence-corrected chi connectivity index (χ2v) is 6.38. The van der Waals surface area contributed by atoms with Crippen molar-refractivity contribution in [3.05, 3.63) is 44.5 Å². The number of nitrogens with one attached hydrogen (secondary N) is 2. The first kappa shape index (κ1) is 20.5. The number of aliphatic hydroxyl groups is 1. The molecule has 1 aromatic rings. The highest BCUT2D eigenvalue weighted by atomic mass is 31.2. The zero-order valence-corrected chi connectivity index (χ0v) is 13.6. The van der Waals surface area contributed by atoms with Gasteiger partial charge in [0.1, 0.15) is 6.35 Å². The van der Waals surface area contributed by atoms with Gasteiger partial charge in [0.2, 0.25) is 0 Å². The predicted octanol–water partition coefficient (Wildman–Crippen LogP) is -0.0343. The van der Waals surface area contributed by atoms with E-state index in [-0.39, 0.29) is 5.56 Å². The maximum atomic E-state index is 10.2. The molecule has 0 spiro atoms. The highest BCUT2D eigenvalue weighted by Crippen LogP contribution is 2.31. The molecule has 0 fully saturated rings. The lowest BCUT2D eigenvalue weighted by molar-refractivity contribution is 0.287. The molecule has 5 N–H and O–H groups in total. The van der Waals surface area contributed by atoms with Crippen LogP contribution in [0, 0.1) is 18.3 Å². The number of hydrogen-bond acceptors (Lipinski definition) is 4. The molecular formula is C12H18N2O6P2. The van der Waals surface area contributed by atoms with Crippen molar-refractivity contribution in [2.75, 3.05) is 6.35 Å². The molecule has 1 aliphatic carbocycles. The summed E-state index contributed by atoms with van der Waals surface area (Å²) in [5, 5.41) is 8.94. The minimum Gasteiger partial charge on any atom is -0.384 e. The van der Waals surface area contributed by atoms with Crippen molar-refractivity contribution in [2.45, 2.75) is 12.8 Å². The average molecular weight is 348 g/mol. The monoisotopic (exact) mass is 348 g/mol. The van der Waals surface area contributed by atoms with E-state index in [0.717, 1.165) is 12.8 Å². The van der Waals surface area contributed by atoms with Crippen molar-refractivity contribution in [2.24, 2.45) is 5.92 Å². The smallest absolute Gasteiger partial charge is 0.350 e. The van der Waals surface area contributed by atoms with Crippen molar-refractivity contribution in [1.82, 2.24) is 9.97 Å². The Hall–Kier alpha value is -1.48. The van der Waals surface area contributed by atoms with Crippen molar-refractivity contribution in [3.8, 4) is 12.3 Å². The third-order valence-electron chi connectivity index (χ3n) is 2.31. The van der Waals surface area contributed by atoms with Crippen molar-refractivity contribution in [1.29, 1.82) is 0 Å². The summed E-state index contributed by atoms with van der Waals surface area (Å²) in [7, 11) is -1.42. The van der Waals surface area contributed by atoms with Gasteiger partial charge in [-0.15, -0.1) is 15.7 Å². The van der Waals surface area contributed by atoms with E-state index >= 15 is 0 Å². The standard InChI is InChI=1S/C7H9P.C4H4N2O2.CH5O4P/c1-2-6-4-3-5-7(6)8;7-3-1-2-5-4(8)6-3;2-1-6(3,4)5/h1,5-6H,3-4,8H2;1-2H,(H2,5,6,7,8);2H,1H2,(H2,3,4,5). The molecule has 0 aromatic carbocycles. The Morgan fingerprint density at radius 1 is 1.45 bits per heavy atom. The number of aromatic amines is 2. The number of aromatic nitrogens is 2. The average Bonchev–Trinajstić information content (AvgIpc) is 2.84. The molecule has 2 atom stereocenters. The summed E-state index contributed by atoms with van der Waals surface area (Å²) in [5.41, 5.74) is -0.855. The molecule has 0 saturated heterocycles. The summed E-state index contributed by atoms with van der Waals surface area (Å²) in [6.07, 6.45) is 9.95. The second kappa shape index (κ2) is 10.3. The van der Waals surface area contributed by atoms with Crippen LogP contribution in [-0.4, -0.2) is 31.2 Å². The van der Waals surface area contributed by atoms with E-state index < -0.39 is 19.6 Å². The highest BCUT2D eigenvalue weighted by molar-refractivity contribution is 7.51. The van der Waals surface area contributed by atoms with E-state index in [2.05, 4.69) is 26.2 Å². The normalized spacial score (nSPS) is 16.3. The summed E-state index contributed by atoms with van der Waals surface area (Å²) in [6, 6.07) is 1.24. The van der Waals surface area contributed by atoms with E-state index in [4.69, 9.17) is 21.3 Å². The van der Waals surface area contributed by atoms with Crippen LogP contribution in [0.1, 0.15) is 12.8 Å². The Morgan fingerprint density at radius 3 is 2.27 bits per heavy atom. The molecule has 0 radical (unpaired) electrons. The second-order valence-electron chi connectivity index (χ2n) is 4.10. The molecule has 0 amide bonds. The van der Waals surface area contributed by atoms with Crippen LogP contribution >= 0.6 is 16.8 Å². The van der Waals surface area contributed by atoms with Gasteiger partial charge < -0.3 is 19.9 Å². The fourth-order valence-electron chi connectivity index (χ4n) is 1.29. The topological polar surface area (TPSA) is 143 Å². The van der Waals surface area contributed by atoms with Gasteiger partial charge in [-0.25, -0.2) is 4.79 Å². The molecule has 2 rings (SSSR count). The predicted molar refractivity (Wildman–Crippen MR) is 86.2 cm³/mol. The van der Waals surface area contributed by atoms with Crippen LogP contribution in [0.4, 0.5) is 0 Å². The number of rotatable bonds is 1. The fraction of sp³-hybridized carbons (Fsp3) is 0.333. The number of aliphatic hydroxyl groups excluding tert-OH is 1. The van der Waals surface area contributed by atoms with Crippen LogP contribution in [0.5, 0.6) is 0 Å². The Bertz CT molecular complexity index is 656. The third-order valence-corrected chi connectivity index (χ3v) is 3.32. The molecule has 0 bridgehead atoms. The van der Waals surface area contributed by atoms with E-state index in [9.17, 15) is 14.2 Å². The first-order chi connectivity index (χ1) is 10.2. The third kappa shape index (κ3) is 10.3. The van der Waals surface area contributed by atoms with Crippen LogP contribution in [0.2, 0.25) is 0 Å². The summed E-state index contributed by atoms with van der Waals surface area (Å²) in [5.74, 6) is 3.14. The number of H-pyrrole nitrogens is 2. The molecule has 10 heteroatoms. The molecule has 22 heavy (non-hydrogen) atoms. The van der Waals surface area contributed by atoms with Gasteiger partial charge in [0.25, 0.3) is 5.56 Å². The highest BCUT2D eigenvalue weighted by Gasteiger charge is 2.11. The van der Waals surface area contributed by atoms with Gasteiger partial charge in [0.15, 0.2) is 0 Å². The summed E-state index contributed by atoms with van der Waals surface area (Å²) in [6.45, 7) is 0. The lowest BCUT2D eigenvalue weighted by Crippen LogP contribution is -2.19. The molecule has 1 aromatic heterocycles. The lowest BCUT2D eigenvalue weighted by Gasteiger charge is -1.98. The van der Waals surface area contributed by atoms with Crippen LogP contribution in [-0.2, 0) is 4.57 Å². The SMILES string of the molecule is C#CC1CCC=C1P.O=P(O)(O)CO.O=c1cc[nH]c(=O)[nH]1. The van der Waals surface area contributed by atoms with Crippen molar-refractivity contribution in [3.63, 3.8) is 0 Å². The molecular weight excluding hydrogens is 330 g/mol. The fourth-order valence-corrected chi connectivity index (χ4v) is 1.72. The molecule has 0 aliphatic heterocycles. The van der Waals surface area contributed by atoms with E-state index in [0.29, 0.717) is 5.92 Å². The van der Waals surface area contributed by atoms with Gasteiger partial charge in [0, 0.05) is 18.2 Å². The first-order valence-corrected chi connectivity index (χ1v) is 8.42. The van der Waals surface area contributed by atoms with Crippen LogP contribution in [0.3, 0.4) is 0 Å².